The highest BCUT2D eigenvalue weighted by Crippen LogP contribution is 2.35. The van der Waals surface area contributed by atoms with E-state index in [0.717, 1.165) is 36.4 Å². The Morgan fingerprint density at radius 1 is 1.00 bits per heavy atom. The first-order chi connectivity index (χ1) is 19.7. The Morgan fingerprint density at radius 3 is 2.61 bits per heavy atom. The molecule has 3 atom stereocenters. The summed E-state index contributed by atoms with van der Waals surface area (Å²) in [7, 11) is 0. The number of alkyl halides is 3. The third-order valence-corrected chi connectivity index (χ3v) is 7.59. The zero-order chi connectivity index (χ0) is 28.6. The van der Waals surface area contributed by atoms with Gasteiger partial charge in [0, 0.05) is 40.6 Å². The lowest BCUT2D eigenvalue weighted by Crippen LogP contribution is -2.49. The highest BCUT2D eigenvalue weighted by Gasteiger charge is 2.34. The molecule has 0 bridgehead atoms. The maximum Gasteiger partial charge on any atom is 0.433 e. The van der Waals surface area contributed by atoms with Crippen LogP contribution in [-0.2, 0) is 6.18 Å². The van der Waals surface area contributed by atoms with Crippen LogP contribution in [0.4, 0.5) is 18.9 Å². The average molecular weight is 560 g/mol. The van der Waals surface area contributed by atoms with Gasteiger partial charge in [-0.25, -0.2) is 9.97 Å². The molecule has 0 aliphatic heterocycles. The number of H-pyrrole nitrogens is 1. The molecule has 3 unspecified atom stereocenters. The van der Waals surface area contributed by atoms with Gasteiger partial charge in [-0.15, -0.1) is 0 Å². The van der Waals surface area contributed by atoms with E-state index in [9.17, 15) is 18.0 Å². The number of rotatable bonds is 6. The molecule has 1 aliphatic carbocycles. The molecule has 0 radical (unpaired) electrons. The van der Waals surface area contributed by atoms with Crippen LogP contribution in [0.5, 0.6) is 0 Å². The van der Waals surface area contributed by atoms with Crippen molar-refractivity contribution in [2.75, 3.05) is 5.32 Å². The first-order valence-corrected chi connectivity index (χ1v) is 13.4. The number of anilines is 1. The minimum absolute atomic E-state index is 0.0483. The number of nitrogens with two attached hydrogens (primary N) is 1. The van der Waals surface area contributed by atoms with E-state index in [1.807, 2.05) is 18.2 Å². The Kier molecular flexibility index (Phi) is 7.04. The summed E-state index contributed by atoms with van der Waals surface area (Å²) in [6.45, 7) is 0. The van der Waals surface area contributed by atoms with Crippen molar-refractivity contribution in [1.29, 1.82) is 0 Å². The van der Waals surface area contributed by atoms with E-state index in [-0.39, 0.29) is 23.4 Å². The lowest BCUT2D eigenvalue weighted by molar-refractivity contribution is -0.140. The standard InChI is InChI=1S/C30H28F3N7O/c31-30(32,33)26-16-24(21-6-1-2-7-22(21)37-26)36-20-5-3-4-18(14-20)27(34)40-29(41)19-8-9-23-25(15-19)39-28(38-23)17-10-12-35-13-11-17/h1-2,6-13,15-16,18,20,27H,3-5,14,34H2,(H,36,37)(H,38,39)(H,40,41). The van der Waals surface area contributed by atoms with E-state index >= 15 is 0 Å². The molecule has 3 aromatic heterocycles. The van der Waals surface area contributed by atoms with Gasteiger partial charge in [0.1, 0.15) is 11.5 Å². The van der Waals surface area contributed by atoms with E-state index in [0.29, 0.717) is 34.4 Å². The zero-order valence-corrected chi connectivity index (χ0v) is 21.9. The van der Waals surface area contributed by atoms with Gasteiger partial charge in [0.05, 0.1) is 22.7 Å². The number of hydrogen-bond acceptors (Lipinski definition) is 6. The third kappa shape index (κ3) is 5.71. The predicted molar refractivity (Wildman–Crippen MR) is 151 cm³/mol. The molecule has 1 fully saturated rings. The van der Waals surface area contributed by atoms with Gasteiger partial charge in [0.25, 0.3) is 5.91 Å². The Hall–Kier alpha value is -4.51. The quantitative estimate of drug-likeness (QED) is 0.193. The smallest absolute Gasteiger partial charge is 0.382 e. The maximum absolute atomic E-state index is 13.5. The van der Waals surface area contributed by atoms with Crippen LogP contribution >= 0.6 is 0 Å². The summed E-state index contributed by atoms with van der Waals surface area (Å²) in [5.74, 6) is 0.326. The van der Waals surface area contributed by atoms with E-state index in [2.05, 4.69) is 30.6 Å². The van der Waals surface area contributed by atoms with Gasteiger partial charge in [0.2, 0.25) is 0 Å². The van der Waals surface area contributed by atoms with Crippen LogP contribution in [0, 0.1) is 5.92 Å². The summed E-state index contributed by atoms with van der Waals surface area (Å²) in [5, 5.41) is 6.86. The number of para-hydroxylation sites is 1. The number of hydrogen-bond donors (Lipinski definition) is 4. The number of aromatic amines is 1. The molecule has 8 nitrogen and oxygen atoms in total. The van der Waals surface area contributed by atoms with Gasteiger partial charge in [-0.05, 0) is 67.6 Å². The average Bonchev–Trinajstić information content (AvgIpc) is 3.41. The Balaban J connectivity index is 1.14. The van der Waals surface area contributed by atoms with Gasteiger partial charge in [0.15, 0.2) is 0 Å². The summed E-state index contributed by atoms with van der Waals surface area (Å²) in [6, 6.07) is 16.7. The SMILES string of the molecule is NC(NC(=O)c1ccc2[nH]c(-c3ccncc3)nc2c1)C1CCCC(Nc2cc(C(F)(F)F)nc3ccccc23)C1. The summed E-state index contributed by atoms with van der Waals surface area (Å²) in [4.78, 5) is 28.8. The van der Waals surface area contributed by atoms with Crippen molar-refractivity contribution in [1.82, 2.24) is 25.3 Å². The van der Waals surface area contributed by atoms with Gasteiger partial charge < -0.3 is 21.4 Å². The molecule has 6 rings (SSSR count). The third-order valence-electron chi connectivity index (χ3n) is 7.59. The van der Waals surface area contributed by atoms with Gasteiger partial charge in [-0.1, -0.05) is 24.6 Å². The number of fused-ring (bicyclic) bond motifs is 2. The Bertz CT molecular complexity index is 1700. The Labute approximate surface area is 233 Å². The van der Waals surface area contributed by atoms with Crippen LogP contribution in [0.3, 0.4) is 0 Å². The fourth-order valence-corrected chi connectivity index (χ4v) is 5.49. The molecule has 0 spiro atoms. The topological polar surface area (TPSA) is 122 Å². The summed E-state index contributed by atoms with van der Waals surface area (Å²) >= 11 is 0. The van der Waals surface area contributed by atoms with E-state index in [4.69, 9.17) is 5.73 Å². The van der Waals surface area contributed by atoms with Crippen LogP contribution in [0.1, 0.15) is 41.7 Å². The number of carbonyl (C=O) groups excluding carboxylic acids is 1. The lowest BCUT2D eigenvalue weighted by atomic mass is 9.83. The monoisotopic (exact) mass is 559 g/mol. The van der Waals surface area contributed by atoms with Crippen LogP contribution < -0.4 is 16.4 Å². The molecule has 1 aliphatic rings. The molecular weight excluding hydrogens is 531 g/mol. The van der Waals surface area contributed by atoms with Gasteiger partial charge in [-0.3, -0.25) is 9.78 Å². The predicted octanol–water partition coefficient (Wildman–Crippen LogP) is 5.88. The maximum atomic E-state index is 13.5. The van der Waals surface area contributed by atoms with Crippen molar-refractivity contribution in [3.63, 3.8) is 0 Å². The van der Waals surface area contributed by atoms with Crippen molar-refractivity contribution < 1.29 is 18.0 Å². The minimum atomic E-state index is -4.55. The minimum Gasteiger partial charge on any atom is -0.382 e. The molecule has 210 valence electrons. The second-order valence-corrected chi connectivity index (χ2v) is 10.4. The van der Waals surface area contributed by atoms with Gasteiger partial charge in [-0.2, -0.15) is 13.2 Å². The molecule has 1 amide bonds. The number of aromatic nitrogens is 4. The zero-order valence-electron chi connectivity index (χ0n) is 21.9. The first-order valence-electron chi connectivity index (χ1n) is 13.4. The number of imidazole rings is 1. The summed E-state index contributed by atoms with van der Waals surface area (Å²) in [5.41, 5.74) is 8.99. The van der Waals surface area contributed by atoms with E-state index in [1.165, 1.54) is 0 Å². The number of halogens is 3. The normalized spacial score (nSPS) is 18.3. The highest BCUT2D eigenvalue weighted by molar-refractivity contribution is 5.98. The van der Waals surface area contributed by atoms with Crippen LogP contribution in [0.25, 0.3) is 33.3 Å². The first kappa shape index (κ1) is 26.7. The molecule has 3 heterocycles. The molecule has 1 saturated carbocycles. The number of nitrogens with one attached hydrogen (secondary N) is 3. The fraction of sp³-hybridized carbons (Fsp3) is 0.267. The second kappa shape index (κ2) is 10.8. The van der Waals surface area contributed by atoms with E-state index in [1.54, 1.807) is 48.8 Å². The van der Waals surface area contributed by atoms with Crippen molar-refractivity contribution >= 4 is 33.5 Å². The van der Waals surface area contributed by atoms with Crippen molar-refractivity contribution in [3.8, 4) is 11.4 Å². The molecule has 5 N–H and O–H groups in total. The number of pyridine rings is 2. The highest BCUT2D eigenvalue weighted by atomic mass is 19.4. The molecule has 5 aromatic rings. The largest absolute Gasteiger partial charge is 0.433 e. The Morgan fingerprint density at radius 2 is 1.80 bits per heavy atom. The lowest BCUT2D eigenvalue weighted by Gasteiger charge is -2.34. The number of carbonyl (C=O) groups is 1. The van der Waals surface area contributed by atoms with Crippen LogP contribution in [0.2, 0.25) is 0 Å². The van der Waals surface area contributed by atoms with Crippen LogP contribution in [0.15, 0.2) is 73.1 Å². The molecule has 11 heteroatoms. The molecule has 2 aromatic carbocycles. The summed E-state index contributed by atoms with van der Waals surface area (Å²) < 4.78 is 40.5. The van der Waals surface area contributed by atoms with Crippen molar-refractivity contribution in [2.45, 2.75) is 44.1 Å². The van der Waals surface area contributed by atoms with Crippen molar-refractivity contribution in [2.24, 2.45) is 11.7 Å². The molecule has 0 saturated heterocycles. The molecular formula is C30H28F3N7O. The number of benzene rings is 2. The van der Waals surface area contributed by atoms with Gasteiger partial charge >= 0.3 is 6.18 Å². The number of amides is 1. The fourth-order valence-electron chi connectivity index (χ4n) is 5.49. The summed E-state index contributed by atoms with van der Waals surface area (Å²) in [6.07, 6.45) is 1.23. The van der Waals surface area contributed by atoms with Crippen molar-refractivity contribution in [3.05, 3.63) is 84.3 Å². The number of nitrogens with zero attached hydrogens (tertiary/aromatic N) is 3. The van der Waals surface area contributed by atoms with E-state index < -0.39 is 18.0 Å². The molecule has 41 heavy (non-hydrogen) atoms. The second-order valence-electron chi connectivity index (χ2n) is 10.4. The van der Waals surface area contributed by atoms with Crippen LogP contribution in [-0.4, -0.2) is 38.1 Å².